The number of esters is 1. The second-order valence-electron chi connectivity index (χ2n) is 3.80. The lowest BCUT2D eigenvalue weighted by atomic mass is 10.0. The van der Waals surface area contributed by atoms with Crippen LogP contribution in [0.15, 0.2) is 30.3 Å². The van der Waals surface area contributed by atoms with Crippen LogP contribution in [0.4, 0.5) is 0 Å². The van der Waals surface area contributed by atoms with Gasteiger partial charge in [0.25, 0.3) is 0 Å². The van der Waals surface area contributed by atoms with Gasteiger partial charge in [-0.25, -0.2) is 4.79 Å². The maximum absolute atomic E-state index is 11.6. The molecule has 0 radical (unpaired) electrons. The number of carbonyl (C=O) groups excluding carboxylic acids is 1. The molecule has 0 saturated heterocycles. The summed E-state index contributed by atoms with van der Waals surface area (Å²) >= 11 is 0. The van der Waals surface area contributed by atoms with E-state index >= 15 is 0 Å². The summed E-state index contributed by atoms with van der Waals surface area (Å²) in [7, 11) is 1.25. The van der Waals surface area contributed by atoms with Crippen molar-refractivity contribution < 1.29 is 14.6 Å². The molecule has 0 bridgehead atoms. The highest BCUT2D eigenvalue weighted by molar-refractivity contribution is 6.08. The molecule has 0 atom stereocenters. The molecule has 0 aliphatic carbocycles. The Morgan fingerprint density at radius 2 is 2.06 bits per heavy atom. The summed E-state index contributed by atoms with van der Waals surface area (Å²) in [5.74, 6) is -0.789. The molecule has 2 rings (SSSR count). The zero-order valence-corrected chi connectivity index (χ0v) is 9.73. The number of rotatable bonds is 2. The van der Waals surface area contributed by atoms with E-state index in [0.717, 1.165) is 0 Å². The van der Waals surface area contributed by atoms with Crippen LogP contribution in [-0.2, 0) is 4.74 Å². The number of phenols is 1. The van der Waals surface area contributed by atoms with Crippen LogP contribution in [0.1, 0.15) is 15.9 Å². The first-order valence-corrected chi connectivity index (χ1v) is 5.23. The molecule has 0 aromatic heterocycles. The number of benzene rings is 2. The van der Waals surface area contributed by atoms with Gasteiger partial charge in [-0.1, -0.05) is 18.2 Å². The topological polar surface area (TPSA) is 96.4 Å². The summed E-state index contributed by atoms with van der Waals surface area (Å²) in [6.45, 7) is 0. The third-order valence-corrected chi connectivity index (χ3v) is 2.70. The van der Waals surface area contributed by atoms with Gasteiger partial charge in [-0.3, -0.25) is 5.41 Å². The third kappa shape index (κ3) is 1.86. The maximum Gasteiger partial charge on any atom is 0.342 e. The van der Waals surface area contributed by atoms with Gasteiger partial charge in [0, 0.05) is 5.56 Å². The molecule has 18 heavy (non-hydrogen) atoms. The number of hydrogen-bond acceptors (Lipinski definition) is 4. The zero-order chi connectivity index (χ0) is 13.3. The van der Waals surface area contributed by atoms with E-state index in [1.165, 1.54) is 13.2 Å². The number of carbonyl (C=O) groups is 1. The smallest absolute Gasteiger partial charge is 0.342 e. The fraction of sp³-hybridized carbons (Fsp3) is 0.0769. The molecule has 92 valence electrons. The van der Waals surface area contributed by atoms with Crippen molar-refractivity contribution >= 4 is 22.6 Å². The quantitative estimate of drug-likeness (QED) is 0.425. The Kier molecular flexibility index (Phi) is 2.89. The van der Waals surface area contributed by atoms with Crippen LogP contribution in [0.25, 0.3) is 10.8 Å². The van der Waals surface area contributed by atoms with Crippen LogP contribution in [0.5, 0.6) is 5.75 Å². The fourth-order valence-electron chi connectivity index (χ4n) is 1.80. The van der Waals surface area contributed by atoms with Crippen LogP contribution in [0.2, 0.25) is 0 Å². The van der Waals surface area contributed by atoms with Gasteiger partial charge in [-0.05, 0) is 22.9 Å². The Hall–Kier alpha value is -2.56. The second kappa shape index (κ2) is 4.37. The maximum atomic E-state index is 11.6. The molecule has 0 aliphatic rings. The molecule has 0 spiro atoms. The van der Waals surface area contributed by atoms with Crippen molar-refractivity contribution in [2.24, 2.45) is 5.73 Å². The van der Waals surface area contributed by atoms with Crippen LogP contribution >= 0.6 is 0 Å². The van der Waals surface area contributed by atoms with Crippen LogP contribution < -0.4 is 5.73 Å². The van der Waals surface area contributed by atoms with Crippen molar-refractivity contribution in [2.75, 3.05) is 7.11 Å². The highest BCUT2D eigenvalue weighted by Gasteiger charge is 2.16. The molecule has 0 amide bonds. The van der Waals surface area contributed by atoms with E-state index in [0.29, 0.717) is 16.3 Å². The molecule has 5 nitrogen and oxygen atoms in total. The number of aromatic hydroxyl groups is 1. The van der Waals surface area contributed by atoms with Gasteiger partial charge in [0.05, 0.1) is 7.11 Å². The lowest BCUT2D eigenvalue weighted by Gasteiger charge is -2.08. The number of nitrogen functional groups attached to an aromatic ring is 1. The van der Waals surface area contributed by atoms with Gasteiger partial charge >= 0.3 is 5.97 Å². The van der Waals surface area contributed by atoms with Gasteiger partial charge in [-0.2, -0.15) is 0 Å². The first-order chi connectivity index (χ1) is 8.54. The highest BCUT2D eigenvalue weighted by atomic mass is 16.5. The van der Waals surface area contributed by atoms with Crippen LogP contribution in [-0.4, -0.2) is 24.0 Å². The molecule has 4 N–H and O–H groups in total. The minimum atomic E-state index is -0.603. The molecule has 0 heterocycles. The Bertz CT molecular complexity index is 650. The number of hydrogen-bond donors (Lipinski definition) is 3. The van der Waals surface area contributed by atoms with Crippen molar-refractivity contribution in [3.05, 3.63) is 41.5 Å². The Labute approximate surface area is 103 Å². The normalized spacial score (nSPS) is 10.3. The SMILES string of the molecule is COC(=O)c1c(O)ccc2cc(C(=N)N)ccc12. The lowest BCUT2D eigenvalue weighted by molar-refractivity contribution is 0.0600. The molecular weight excluding hydrogens is 232 g/mol. The monoisotopic (exact) mass is 244 g/mol. The number of fused-ring (bicyclic) bond motifs is 1. The fourth-order valence-corrected chi connectivity index (χ4v) is 1.80. The van der Waals surface area contributed by atoms with Crippen molar-refractivity contribution in [2.45, 2.75) is 0 Å². The van der Waals surface area contributed by atoms with Crippen molar-refractivity contribution in [1.82, 2.24) is 0 Å². The first-order valence-electron chi connectivity index (χ1n) is 5.23. The standard InChI is InChI=1S/C13H12N2O3/c1-18-13(17)11-9-4-2-8(12(14)15)6-7(9)3-5-10(11)16/h2-6,16H,1H3,(H3,14,15). The first kappa shape index (κ1) is 11.9. The lowest BCUT2D eigenvalue weighted by Crippen LogP contribution is -2.11. The average molecular weight is 244 g/mol. The van der Waals surface area contributed by atoms with Gasteiger partial charge in [0.15, 0.2) is 0 Å². The van der Waals surface area contributed by atoms with Crippen molar-refractivity contribution in [3.63, 3.8) is 0 Å². The Balaban J connectivity index is 2.75. The summed E-state index contributed by atoms with van der Waals surface area (Å²) < 4.78 is 4.64. The van der Waals surface area contributed by atoms with Crippen molar-refractivity contribution in [1.29, 1.82) is 5.41 Å². The summed E-state index contributed by atoms with van der Waals surface area (Å²) in [5.41, 5.74) is 6.08. The summed E-state index contributed by atoms with van der Waals surface area (Å²) in [6.07, 6.45) is 0. The van der Waals surface area contributed by atoms with Gasteiger partial charge in [0.1, 0.15) is 17.1 Å². The summed E-state index contributed by atoms with van der Waals surface area (Å²) in [6, 6.07) is 8.01. The van der Waals surface area contributed by atoms with E-state index in [2.05, 4.69) is 4.74 Å². The number of amidine groups is 1. The largest absolute Gasteiger partial charge is 0.507 e. The van der Waals surface area contributed by atoms with Gasteiger partial charge in [0.2, 0.25) is 0 Å². The number of phenolic OH excluding ortho intramolecular Hbond substituents is 1. The van der Waals surface area contributed by atoms with E-state index in [1.54, 1.807) is 24.3 Å². The van der Waals surface area contributed by atoms with Gasteiger partial charge < -0.3 is 15.6 Å². The average Bonchev–Trinajstić information content (AvgIpc) is 2.37. The van der Waals surface area contributed by atoms with E-state index in [1.807, 2.05) is 0 Å². The molecule has 2 aromatic rings. The van der Waals surface area contributed by atoms with E-state index in [4.69, 9.17) is 11.1 Å². The molecule has 2 aromatic carbocycles. The second-order valence-corrected chi connectivity index (χ2v) is 3.80. The number of nitrogens with two attached hydrogens (primary N) is 1. The number of ether oxygens (including phenoxy) is 1. The van der Waals surface area contributed by atoms with Crippen molar-refractivity contribution in [3.8, 4) is 5.75 Å². The molecule has 5 heteroatoms. The molecular formula is C13H12N2O3. The highest BCUT2D eigenvalue weighted by Crippen LogP contribution is 2.28. The predicted molar refractivity (Wildman–Crippen MR) is 68.0 cm³/mol. The van der Waals surface area contributed by atoms with Gasteiger partial charge in [-0.15, -0.1) is 0 Å². The van der Waals surface area contributed by atoms with Crippen LogP contribution in [0.3, 0.4) is 0 Å². The third-order valence-electron chi connectivity index (χ3n) is 2.70. The van der Waals surface area contributed by atoms with Crippen LogP contribution in [0, 0.1) is 5.41 Å². The zero-order valence-electron chi connectivity index (χ0n) is 9.73. The molecule has 0 saturated carbocycles. The summed E-state index contributed by atoms with van der Waals surface area (Å²) in [5, 5.41) is 18.4. The van der Waals surface area contributed by atoms with E-state index in [-0.39, 0.29) is 17.1 Å². The number of nitrogens with one attached hydrogen (secondary N) is 1. The van der Waals surface area contributed by atoms with E-state index in [9.17, 15) is 9.90 Å². The Morgan fingerprint density at radius 3 is 2.67 bits per heavy atom. The van der Waals surface area contributed by atoms with E-state index < -0.39 is 5.97 Å². The Morgan fingerprint density at radius 1 is 1.33 bits per heavy atom. The molecule has 0 fully saturated rings. The minimum Gasteiger partial charge on any atom is -0.507 e. The minimum absolute atomic E-state index is 0.0513. The summed E-state index contributed by atoms with van der Waals surface area (Å²) in [4.78, 5) is 11.6. The molecule has 0 aliphatic heterocycles. The predicted octanol–water partition coefficient (Wildman–Crippen LogP) is 1.62. The molecule has 0 unspecified atom stereocenters. The number of methoxy groups -OCH3 is 1.